The maximum atomic E-state index is 12.9. The van der Waals surface area contributed by atoms with Crippen molar-refractivity contribution >= 4 is 12.4 Å². The molecule has 3 nitrogen and oxygen atoms in total. The van der Waals surface area contributed by atoms with Gasteiger partial charge >= 0.3 is 0 Å². The van der Waals surface area contributed by atoms with E-state index in [-0.39, 0.29) is 18.2 Å². The normalized spacial score (nSPS) is 9.73. The van der Waals surface area contributed by atoms with Gasteiger partial charge < -0.3 is 5.73 Å². The van der Waals surface area contributed by atoms with Crippen molar-refractivity contribution in [3.8, 4) is 5.69 Å². The van der Waals surface area contributed by atoms with E-state index in [1.54, 1.807) is 23.0 Å². The third-order valence-corrected chi connectivity index (χ3v) is 1.98. The second-order valence-corrected chi connectivity index (χ2v) is 2.92. The maximum absolute atomic E-state index is 12.9. The molecule has 0 aliphatic heterocycles. The van der Waals surface area contributed by atoms with Gasteiger partial charge in [-0.3, -0.25) is 0 Å². The number of benzene rings is 1. The van der Waals surface area contributed by atoms with E-state index < -0.39 is 0 Å². The summed E-state index contributed by atoms with van der Waals surface area (Å²) in [5, 5.41) is 4.07. The van der Waals surface area contributed by atoms with Crippen molar-refractivity contribution in [3.63, 3.8) is 0 Å². The molecule has 0 fully saturated rings. The fraction of sp³-hybridized carbons (Fsp3) is 0.100. The fourth-order valence-electron chi connectivity index (χ4n) is 1.33. The molecular formula is C10H11ClFN3. The Labute approximate surface area is 93.1 Å². The van der Waals surface area contributed by atoms with Gasteiger partial charge in [0, 0.05) is 12.7 Å². The highest BCUT2D eigenvalue weighted by atomic mass is 35.5. The van der Waals surface area contributed by atoms with Crippen LogP contribution in [0.2, 0.25) is 0 Å². The number of aromatic nitrogens is 2. The first-order valence-corrected chi connectivity index (χ1v) is 4.30. The second kappa shape index (κ2) is 4.91. The van der Waals surface area contributed by atoms with Crippen LogP contribution in [-0.4, -0.2) is 9.78 Å². The summed E-state index contributed by atoms with van der Waals surface area (Å²) < 4.78 is 14.6. The van der Waals surface area contributed by atoms with E-state index in [4.69, 9.17) is 5.73 Å². The van der Waals surface area contributed by atoms with Crippen LogP contribution in [0, 0.1) is 5.82 Å². The largest absolute Gasteiger partial charge is 0.325 e. The van der Waals surface area contributed by atoms with Crippen molar-refractivity contribution in [2.24, 2.45) is 5.73 Å². The third-order valence-electron chi connectivity index (χ3n) is 1.98. The van der Waals surface area contributed by atoms with Gasteiger partial charge in [0.15, 0.2) is 0 Å². The Bertz CT molecular complexity index is 442. The minimum Gasteiger partial charge on any atom is -0.325 e. The predicted octanol–water partition coefficient (Wildman–Crippen LogP) is 1.89. The van der Waals surface area contributed by atoms with Crippen LogP contribution in [0.3, 0.4) is 0 Å². The van der Waals surface area contributed by atoms with E-state index in [1.165, 1.54) is 12.1 Å². The molecule has 0 saturated carbocycles. The zero-order valence-corrected chi connectivity index (χ0v) is 8.75. The van der Waals surface area contributed by atoms with Gasteiger partial charge in [0.1, 0.15) is 5.82 Å². The monoisotopic (exact) mass is 227 g/mol. The topological polar surface area (TPSA) is 43.8 Å². The molecular weight excluding hydrogens is 217 g/mol. The van der Waals surface area contributed by atoms with Gasteiger partial charge in [0.25, 0.3) is 0 Å². The summed E-state index contributed by atoms with van der Waals surface area (Å²) in [6.45, 7) is 0.385. The standard InChI is InChI=1S/C10H10FN3.ClH/c11-8-2-1-3-9(6-8)14-10(7-12)4-5-13-14;/h1-6H,7,12H2;1H. The first kappa shape index (κ1) is 11.7. The quantitative estimate of drug-likeness (QED) is 0.852. The fourth-order valence-corrected chi connectivity index (χ4v) is 1.33. The van der Waals surface area contributed by atoms with Crippen LogP contribution in [0.5, 0.6) is 0 Å². The van der Waals surface area contributed by atoms with Crippen molar-refractivity contribution in [3.05, 3.63) is 48.0 Å². The summed E-state index contributed by atoms with van der Waals surface area (Å²) in [5.74, 6) is -0.277. The number of nitrogens with zero attached hydrogens (tertiary/aromatic N) is 2. The van der Waals surface area contributed by atoms with Crippen LogP contribution >= 0.6 is 12.4 Å². The average Bonchev–Trinajstić information content (AvgIpc) is 2.65. The lowest BCUT2D eigenvalue weighted by Crippen LogP contribution is -2.06. The van der Waals surface area contributed by atoms with Gasteiger partial charge in [-0.15, -0.1) is 12.4 Å². The molecule has 0 amide bonds. The number of hydrogen-bond acceptors (Lipinski definition) is 2. The molecule has 1 aromatic carbocycles. The van der Waals surface area contributed by atoms with Crippen LogP contribution in [0.4, 0.5) is 4.39 Å². The minimum atomic E-state index is -0.277. The number of halogens is 2. The Morgan fingerprint density at radius 1 is 1.33 bits per heavy atom. The summed E-state index contributed by atoms with van der Waals surface area (Å²) in [6, 6.07) is 8.06. The smallest absolute Gasteiger partial charge is 0.125 e. The summed E-state index contributed by atoms with van der Waals surface area (Å²) in [7, 11) is 0. The third kappa shape index (κ3) is 2.34. The van der Waals surface area contributed by atoms with Gasteiger partial charge in [0.2, 0.25) is 0 Å². The Hall–Kier alpha value is -1.39. The van der Waals surface area contributed by atoms with E-state index in [9.17, 15) is 4.39 Å². The first-order valence-electron chi connectivity index (χ1n) is 4.30. The van der Waals surface area contributed by atoms with E-state index in [0.29, 0.717) is 12.2 Å². The maximum Gasteiger partial charge on any atom is 0.125 e. The van der Waals surface area contributed by atoms with Gasteiger partial charge in [-0.25, -0.2) is 9.07 Å². The van der Waals surface area contributed by atoms with Crippen molar-refractivity contribution < 1.29 is 4.39 Å². The summed E-state index contributed by atoms with van der Waals surface area (Å²) >= 11 is 0. The molecule has 2 rings (SSSR count). The minimum absolute atomic E-state index is 0. The molecule has 80 valence electrons. The Kier molecular flexibility index (Phi) is 3.82. The van der Waals surface area contributed by atoms with Crippen LogP contribution in [0.25, 0.3) is 5.69 Å². The summed E-state index contributed by atoms with van der Waals surface area (Å²) in [5.41, 5.74) is 7.06. The molecule has 1 heterocycles. The highest BCUT2D eigenvalue weighted by Gasteiger charge is 2.03. The predicted molar refractivity (Wildman–Crippen MR) is 58.7 cm³/mol. The van der Waals surface area contributed by atoms with E-state index in [1.807, 2.05) is 6.07 Å². The lowest BCUT2D eigenvalue weighted by atomic mass is 10.3. The molecule has 2 aromatic rings. The van der Waals surface area contributed by atoms with Crippen molar-refractivity contribution in [2.45, 2.75) is 6.54 Å². The molecule has 0 spiro atoms. The van der Waals surface area contributed by atoms with Crippen molar-refractivity contribution in [2.75, 3.05) is 0 Å². The molecule has 0 unspecified atom stereocenters. The number of nitrogens with two attached hydrogens (primary N) is 1. The Morgan fingerprint density at radius 2 is 2.13 bits per heavy atom. The lowest BCUT2D eigenvalue weighted by molar-refractivity contribution is 0.624. The van der Waals surface area contributed by atoms with E-state index in [0.717, 1.165) is 5.69 Å². The van der Waals surface area contributed by atoms with Gasteiger partial charge in [-0.2, -0.15) is 5.10 Å². The first-order chi connectivity index (χ1) is 6.81. The average molecular weight is 228 g/mol. The number of rotatable bonds is 2. The van der Waals surface area contributed by atoms with Crippen molar-refractivity contribution in [1.29, 1.82) is 0 Å². The molecule has 0 bridgehead atoms. The Balaban J connectivity index is 0.00000112. The second-order valence-electron chi connectivity index (χ2n) is 2.92. The van der Waals surface area contributed by atoms with Crippen LogP contribution in [0.15, 0.2) is 36.5 Å². The highest BCUT2D eigenvalue weighted by Crippen LogP contribution is 2.11. The van der Waals surface area contributed by atoms with Crippen LogP contribution in [0.1, 0.15) is 5.69 Å². The lowest BCUT2D eigenvalue weighted by Gasteiger charge is -2.05. The Morgan fingerprint density at radius 3 is 2.80 bits per heavy atom. The highest BCUT2D eigenvalue weighted by molar-refractivity contribution is 5.85. The molecule has 2 N–H and O–H groups in total. The number of hydrogen-bond donors (Lipinski definition) is 1. The van der Waals surface area contributed by atoms with Crippen LogP contribution < -0.4 is 5.73 Å². The molecule has 0 aliphatic rings. The zero-order chi connectivity index (χ0) is 9.97. The molecule has 15 heavy (non-hydrogen) atoms. The molecule has 5 heteroatoms. The van der Waals surface area contributed by atoms with Crippen LogP contribution in [-0.2, 0) is 6.54 Å². The van der Waals surface area contributed by atoms with E-state index >= 15 is 0 Å². The molecule has 0 radical (unpaired) electrons. The van der Waals surface area contributed by atoms with Gasteiger partial charge in [-0.05, 0) is 24.3 Å². The van der Waals surface area contributed by atoms with Crippen molar-refractivity contribution in [1.82, 2.24) is 9.78 Å². The molecule has 1 aromatic heterocycles. The zero-order valence-electron chi connectivity index (χ0n) is 7.93. The summed E-state index contributed by atoms with van der Waals surface area (Å²) in [6.07, 6.45) is 1.65. The summed E-state index contributed by atoms with van der Waals surface area (Å²) in [4.78, 5) is 0. The van der Waals surface area contributed by atoms with Gasteiger partial charge in [0.05, 0.1) is 11.4 Å². The molecule has 0 saturated heterocycles. The van der Waals surface area contributed by atoms with Gasteiger partial charge in [-0.1, -0.05) is 6.07 Å². The van der Waals surface area contributed by atoms with E-state index in [2.05, 4.69) is 5.10 Å². The molecule has 0 aliphatic carbocycles. The SMILES string of the molecule is Cl.NCc1ccnn1-c1cccc(F)c1. The molecule has 0 atom stereocenters.